The van der Waals surface area contributed by atoms with Gasteiger partial charge < -0.3 is 9.47 Å². The molecule has 0 saturated heterocycles. The Bertz CT molecular complexity index is 752. The van der Waals surface area contributed by atoms with Crippen LogP contribution in [0.1, 0.15) is 106 Å². The van der Waals surface area contributed by atoms with Gasteiger partial charge in [0.05, 0.1) is 0 Å². The lowest BCUT2D eigenvalue weighted by molar-refractivity contribution is 0.0563. The number of hydrogen-bond acceptors (Lipinski definition) is 4. The number of nitrogens with one attached hydrogen (secondary N) is 2. The largest absolute Gasteiger partial charge is 0.444 e. The van der Waals surface area contributed by atoms with E-state index in [2.05, 4.69) is 38.2 Å². The predicted octanol–water partition coefficient (Wildman–Crippen LogP) is 8.12. The zero-order valence-corrected chi connectivity index (χ0v) is 23.1. The molecule has 34 heavy (non-hydrogen) atoms. The highest BCUT2D eigenvalue weighted by atomic mass is 16.6. The van der Waals surface area contributed by atoms with Gasteiger partial charge in [-0.05, 0) is 103 Å². The molecule has 0 heterocycles. The van der Waals surface area contributed by atoms with Crippen LogP contribution in [0.3, 0.4) is 0 Å². The van der Waals surface area contributed by atoms with Crippen LogP contribution in [0.15, 0.2) is 34.4 Å². The molecule has 0 aromatic rings. The Morgan fingerprint density at radius 1 is 1.15 bits per heavy atom. The average Bonchev–Trinajstić information content (AvgIpc) is 3.59. The summed E-state index contributed by atoms with van der Waals surface area (Å²) in [5.41, 5.74) is 4.43. The molecular weight excluding hydrogens is 424 g/mol. The molecule has 1 fully saturated rings. The zero-order chi connectivity index (χ0) is 25.7. The first-order valence-corrected chi connectivity index (χ1v) is 13.1. The Kier molecular flexibility index (Phi) is 13.5. The van der Waals surface area contributed by atoms with Gasteiger partial charge in [0.25, 0.3) is 0 Å². The van der Waals surface area contributed by atoms with Crippen LogP contribution in [0, 0.1) is 17.2 Å². The number of unbranched alkanes of at least 4 members (excludes halogenated alkanes) is 3. The summed E-state index contributed by atoms with van der Waals surface area (Å²) >= 11 is 0. The van der Waals surface area contributed by atoms with E-state index in [9.17, 15) is 4.79 Å². The van der Waals surface area contributed by atoms with Gasteiger partial charge in [-0.15, -0.1) is 0 Å². The molecule has 2 N–H and O–H groups in total. The molecule has 5 nitrogen and oxygen atoms in total. The van der Waals surface area contributed by atoms with E-state index in [0.29, 0.717) is 5.92 Å². The molecule has 0 spiro atoms. The summed E-state index contributed by atoms with van der Waals surface area (Å²) in [6.45, 7) is 14.9. The van der Waals surface area contributed by atoms with Gasteiger partial charge in [0, 0.05) is 13.7 Å². The van der Waals surface area contributed by atoms with Crippen LogP contribution in [0.25, 0.3) is 0 Å². The molecule has 194 valence electrons. The standard InChI is InChI=1S/C29H50N2O3/c1-9-21(2)20-25(24-17-18-24)16-15-22(3)26(14-12-10-11-13-19-33-8)23(4)27(30)31-28(32)34-29(5,6)7/h16,20,22,24H,9-15,17-19H2,1-8H3,(H2,30,31,32)/b21-20+,25-16-,26-23+. The van der Waals surface area contributed by atoms with Gasteiger partial charge >= 0.3 is 6.09 Å². The van der Waals surface area contributed by atoms with E-state index in [0.717, 1.165) is 63.0 Å². The van der Waals surface area contributed by atoms with Crippen LogP contribution in [0.2, 0.25) is 0 Å². The lowest BCUT2D eigenvalue weighted by Crippen LogP contribution is -2.36. The molecular formula is C29H50N2O3. The van der Waals surface area contributed by atoms with E-state index < -0.39 is 11.7 Å². The van der Waals surface area contributed by atoms with Crippen molar-refractivity contribution in [2.24, 2.45) is 11.8 Å². The number of carbonyl (C=O) groups is 1. The fourth-order valence-electron chi connectivity index (χ4n) is 3.98. The van der Waals surface area contributed by atoms with Gasteiger partial charge in [0.1, 0.15) is 11.4 Å². The maximum atomic E-state index is 12.2. The number of ether oxygens (including phenoxy) is 2. The van der Waals surface area contributed by atoms with E-state index in [4.69, 9.17) is 14.9 Å². The third kappa shape index (κ3) is 12.5. The molecule has 1 amide bonds. The second-order valence-corrected chi connectivity index (χ2v) is 10.8. The van der Waals surface area contributed by atoms with Gasteiger partial charge in [-0.25, -0.2) is 4.79 Å². The monoisotopic (exact) mass is 474 g/mol. The van der Waals surface area contributed by atoms with Crippen molar-refractivity contribution in [2.75, 3.05) is 13.7 Å². The molecule has 0 aromatic carbocycles. The summed E-state index contributed by atoms with van der Waals surface area (Å²) in [5, 5.41) is 11.2. The molecule has 5 heteroatoms. The second kappa shape index (κ2) is 15.2. The molecule has 0 aliphatic heterocycles. The van der Waals surface area contributed by atoms with Gasteiger partial charge in [-0.2, -0.15) is 0 Å². The smallest absolute Gasteiger partial charge is 0.413 e. The first-order chi connectivity index (χ1) is 16.0. The fourth-order valence-corrected chi connectivity index (χ4v) is 3.98. The summed E-state index contributed by atoms with van der Waals surface area (Å²) < 4.78 is 10.5. The summed E-state index contributed by atoms with van der Waals surface area (Å²) in [7, 11) is 1.75. The Hall–Kier alpha value is -1.88. The van der Waals surface area contributed by atoms with E-state index in [1.807, 2.05) is 27.7 Å². The van der Waals surface area contributed by atoms with Gasteiger partial charge in [0.15, 0.2) is 0 Å². The van der Waals surface area contributed by atoms with Crippen LogP contribution in [-0.2, 0) is 9.47 Å². The highest BCUT2D eigenvalue weighted by Gasteiger charge is 2.25. The molecule has 0 radical (unpaired) electrons. The van der Waals surface area contributed by atoms with Crippen molar-refractivity contribution in [1.82, 2.24) is 5.32 Å². The lowest BCUT2D eigenvalue weighted by Gasteiger charge is -2.22. The molecule has 1 saturated carbocycles. The maximum absolute atomic E-state index is 12.2. The molecule has 1 aliphatic carbocycles. The third-order valence-electron chi connectivity index (χ3n) is 6.35. The number of carbonyl (C=O) groups excluding carboxylic acids is 1. The maximum Gasteiger partial charge on any atom is 0.413 e. The Morgan fingerprint density at radius 3 is 2.35 bits per heavy atom. The number of methoxy groups -OCH3 is 1. The van der Waals surface area contributed by atoms with Crippen molar-refractivity contribution in [1.29, 1.82) is 5.41 Å². The highest BCUT2D eigenvalue weighted by Crippen LogP contribution is 2.38. The normalized spacial score (nSPS) is 16.7. The first-order valence-electron chi connectivity index (χ1n) is 13.1. The second-order valence-electron chi connectivity index (χ2n) is 10.8. The number of allylic oxidation sites excluding steroid dienone is 5. The van der Waals surface area contributed by atoms with Crippen LogP contribution in [0.4, 0.5) is 4.79 Å². The lowest BCUT2D eigenvalue weighted by atomic mass is 9.87. The van der Waals surface area contributed by atoms with Crippen molar-refractivity contribution >= 4 is 11.9 Å². The zero-order valence-electron chi connectivity index (χ0n) is 23.1. The molecule has 1 aliphatic rings. The third-order valence-corrected chi connectivity index (χ3v) is 6.35. The van der Waals surface area contributed by atoms with Crippen molar-refractivity contribution in [2.45, 2.75) is 112 Å². The Morgan fingerprint density at radius 2 is 1.79 bits per heavy atom. The van der Waals surface area contributed by atoms with Crippen LogP contribution in [-0.4, -0.2) is 31.2 Å². The minimum atomic E-state index is -0.589. The number of hydrogen-bond donors (Lipinski definition) is 2. The molecule has 1 unspecified atom stereocenters. The van der Waals surface area contributed by atoms with Crippen molar-refractivity contribution in [3.63, 3.8) is 0 Å². The van der Waals surface area contributed by atoms with E-state index in [1.54, 1.807) is 7.11 Å². The number of rotatable bonds is 14. The average molecular weight is 475 g/mol. The highest BCUT2D eigenvalue weighted by molar-refractivity contribution is 6.04. The summed E-state index contributed by atoms with van der Waals surface area (Å²) in [4.78, 5) is 12.2. The van der Waals surface area contributed by atoms with Crippen LogP contribution >= 0.6 is 0 Å². The quantitative estimate of drug-likeness (QED) is 0.116. The summed E-state index contributed by atoms with van der Waals surface area (Å²) in [6.07, 6.45) is 14.2. The number of alkyl carbamates (subject to hydrolysis) is 1. The van der Waals surface area contributed by atoms with E-state index in [1.165, 1.54) is 29.6 Å². The molecule has 1 atom stereocenters. The van der Waals surface area contributed by atoms with Crippen molar-refractivity contribution in [3.05, 3.63) is 34.4 Å². The van der Waals surface area contributed by atoms with Crippen molar-refractivity contribution in [3.8, 4) is 0 Å². The Balaban J connectivity index is 2.97. The van der Waals surface area contributed by atoms with E-state index >= 15 is 0 Å². The molecule has 0 bridgehead atoms. The van der Waals surface area contributed by atoms with Crippen LogP contribution < -0.4 is 5.32 Å². The minimum Gasteiger partial charge on any atom is -0.444 e. The van der Waals surface area contributed by atoms with Gasteiger partial charge in [0.2, 0.25) is 0 Å². The van der Waals surface area contributed by atoms with Gasteiger partial charge in [-0.1, -0.05) is 50.0 Å². The first kappa shape index (κ1) is 30.2. The summed E-state index contributed by atoms with van der Waals surface area (Å²) in [5.74, 6) is 1.17. The van der Waals surface area contributed by atoms with Crippen molar-refractivity contribution < 1.29 is 14.3 Å². The van der Waals surface area contributed by atoms with E-state index in [-0.39, 0.29) is 5.84 Å². The number of amides is 1. The Labute approximate surface area is 209 Å². The predicted molar refractivity (Wildman–Crippen MR) is 143 cm³/mol. The topological polar surface area (TPSA) is 71.4 Å². The SMILES string of the molecule is CC/C(C)=C/C(=C/CC(C)/C(CCCCCCOC)=C(\C)C(=N)NC(=O)OC(C)(C)C)C1CC1. The molecule has 1 rings (SSSR count). The molecule has 0 aromatic heterocycles. The number of amidine groups is 1. The summed E-state index contributed by atoms with van der Waals surface area (Å²) in [6, 6.07) is 0. The minimum absolute atomic E-state index is 0.142. The fraction of sp³-hybridized carbons (Fsp3) is 0.724. The van der Waals surface area contributed by atoms with Crippen LogP contribution in [0.5, 0.6) is 0 Å². The van der Waals surface area contributed by atoms with Gasteiger partial charge in [-0.3, -0.25) is 10.7 Å².